The Labute approximate surface area is 86.0 Å². The summed E-state index contributed by atoms with van der Waals surface area (Å²) in [6.07, 6.45) is 5.32. The first-order valence-corrected chi connectivity index (χ1v) is 5.64. The zero-order chi connectivity index (χ0) is 10.4. The molecule has 2 heteroatoms. The van der Waals surface area contributed by atoms with Crippen LogP contribution in [0.25, 0.3) is 0 Å². The van der Waals surface area contributed by atoms with Crippen LogP contribution in [0.2, 0.25) is 0 Å². The van der Waals surface area contributed by atoms with Gasteiger partial charge in [-0.1, -0.05) is 13.8 Å². The molecule has 80 valence electrons. The van der Waals surface area contributed by atoms with Crippen molar-refractivity contribution in [2.75, 3.05) is 0 Å². The first-order valence-electron chi connectivity index (χ1n) is 5.64. The highest BCUT2D eigenvalue weighted by Crippen LogP contribution is 2.67. The predicted octanol–water partition coefficient (Wildman–Crippen LogP) is 2.76. The van der Waals surface area contributed by atoms with E-state index in [1.165, 1.54) is 25.7 Å². The molecule has 2 nitrogen and oxygen atoms in total. The Morgan fingerprint density at radius 3 is 2.29 bits per heavy atom. The van der Waals surface area contributed by atoms with Crippen LogP contribution >= 0.6 is 0 Å². The fourth-order valence-electron chi connectivity index (χ4n) is 3.93. The maximum Gasteiger partial charge on any atom is 0.293 e. The molecule has 0 aromatic carbocycles. The van der Waals surface area contributed by atoms with E-state index in [0.717, 1.165) is 5.92 Å². The summed E-state index contributed by atoms with van der Waals surface area (Å²) in [7, 11) is 0. The van der Waals surface area contributed by atoms with Gasteiger partial charge in [-0.2, -0.15) is 0 Å². The van der Waals surface area contributed by atoms with Crippen molar-refractivity contribution in [3.63, 3.8) is 0 Å². The number of hydrogen-bond acceptors (Lipinski definition) is 2. The fourth-order valence-corrected chi connectivity index (χ4v) is 3.93. The summed E-state index contributed by atoms with van der Waals surface area (Å²) in [5, 5.41) is 0. The number of carbonyl (C=O) groups excluding carboxylic acids is 1. The van der Waals surface area contributed by atoms with Crippen LogP contribution in [-0.2, 0) is 9.53 Å². The number of carbonyl (C=O) groups is 1. The largest absolute Gasteiger partial charge is 0.464 e. The molecule has 2 bridgehead atoms. The zero-order valence-corrected chi connectivity index (χ0v) is 9.38. The third kappa shape index (κ3) is 0.999. The lowest BCUT2D eigenvalue weighted by Gasteiger charge is -2.41. The molecule has 2 saturated carbocycles. The first kappa shape index (κ1) is 10.0. The maximum atomic E-state index is 10.4. The molecular formula is C12H20O2. The molecule has 0 aliphatic heterocycles. The Morgan fingerprint density at radius 1 is 1.36 bits per heavy atom. The number of rotatable bonds is 3. The van der Waals surface area contributed by atoms with Gasteiger partial charge in [-0.25, -0.2) is 0 Å². The smallest absolute Gasteiger partial charge is 0.293 e. The van der Waals surface area contributed by atoms with Gasteiger partial charge in [-0.3, -0.25) is 4.79 Å². The quantitative estimate of drug-likeness (QED) is 0.649. The van der Waals surface area contributed by atoms with Crippen molar-refractivity contribution < 1.29 is 9.53 Å². The van der Waals surface area contributed by atoms with Crippen molar-refractivity contribution >= 4 is 6.47 Å². The van der Waals surface area contributed by atoms with Crippen LogP contribution in [0.5, 0.6) is 0 Å². The van der Waals surface area contributed by atoms with E-state index in [1.54, 1.807) is 0 Å². The lowest BCUT2D eigenvalue weighted by molar-refractivity contribution is -0.143. The molecule has 0 N–H and O–H groups in total. The van der Waals surface area contributed by atoms with Crippen LogP contribution in [0.1, 0.15) is 46.5 Å². The molecule has 2 rings (SSSR count). The monoisotopic (exact) mass is 196 g/mol. The molecule has 0 spiro atoms. The Morgan fingerprint density at radius 2 is 1.93 bits per heavy atom. The topological polar surface area (TPSA) is 26.3 Å². The number of ether oxygens (including phenoxy) is 1. The molecule has 0 amide bonds. The number of hydrogen-bond donors (Lipinski definition) is 0. The lowest BCUT2D eigenvalue weighted by Crippen LogP contribution is -2.41. The molecule has 0 radical (unpaired) electrons. The Bertz CT molecular complexity index is 241. The fraction of sp³-hybridized carbons (Fsp3) is 0.917. The summed E-state index contributed by atoms with van der Waals surface area (Å²) in [6, 6.07) is 0. The minimum absolute atomic E-state index is 0.0694. The molecule has 2 aliphatic rings. The van der Waals surface area contributed by atoms with Crippen molar-refractivity contribution in [3.8, 4) is 0 Å². The summed E-state index contributed by atoms with van der Waals surface area (Å²) in [5.74, 6) is 0.766. The summed E-state index contributed by atoms with van der Waals surface area (Å²) < 4.78 is 5.19. The van der Waals surface area contributed by atoms with Gasteiger partial charge in [0.05, 0.1) is 0 Å². The van der Waals surface area contributed by atoms with Gasteiger partial charge < -0.3 is 4.74 Å². The normalized spacial score (nSPS) is 47.8. The Balaban J connectivity index is 2.26. The average molecular weight is 196 g/mol. The molecule has 0 saturated heterocycles. The molecule has 2 unspecified atom stereocenters. The zero-order valence-electron chi connectivity index (χ0n) is 9.38. The highest BCUT2D eigenvalue weighted by Gasteiger charge is 2.61. The summed E-state index contributed by atoms with van der Waals surface area (Å²) >= 11 is 0. The van der Waals surface area contributed by atoms with Crippen molar-refractivity contribution in [3.05, 3.63) is 0 Å². The van der Waals surface area contributed by atoms with Crippen molar-refractivity contribution in [1.82, 2.24) is 0 Å². The Hall–Kier alpha value is -0.530. The third-order valence-corrected chi connectivity index (χ3v) is 5.34. The highest BCUT2D eigenvalue weighted by atomic mass is 16.5. The van der Waals surface area contributed by atoms with Crippen LogP contribution < -0.4 is 0 Å². The minimum Gasteiger partial charge on any atom is -0.464 e. The van der Waals surface area contributed by atoms with E-state index in [-0.39, 0.29) is 11.5 Å². The summed E-state index contributed by atoms with van der Waals surface area (Å²) in [6.45, 7) is 7.34. The maximum absolute atomic E-state index is 10.4. The second kappa shape index (κ2) is 2.98. The summed E-state index contributed by atoms with van der Waals surface area (Å²) in [5.41, 5.74) is 0.619. The van der Waals surface area contributed by atoms with Crippen LogP contribution in [0.3, 0.4) is 0 Å². The summed E-state index contributed by atoms with van der Waals surface area (Å²) in [4.78, 5) is 10.4. The van der Waals surface area contributed by atoms with E-state index in [2.05, 4.69) is 20.8 Å². The van der Waals surface area contributed by atoms with E-state index < -0.39 is 0 Å². The van der Waals surface area contributed by atoms with Gasteiger partial charge in [0.2, 0.25) is 0 Å². The molecule has 0 heterocycles. The van der Waals surface area contributed by atoms with E-state index in [1.807, 2.05) is 0 Å². The van der Waals surface area contributed by atoms with Crippen LogP contribution in [0.4, 0.5) is 0 Å². The first-order chi connectivity index (χ1) is 6.54. The number of fused-ring (bicyclic) bond motifs is 2. The second-order valence-corrected chi connectivity index (χ2v) is 5.49. The molecule has 0 aromatic heterocycles. The van der Waals surface area contributed by atoms with Gasteiger partial charge in [0.15, 0.2) is 0 Å². The minimum atomic E-state index is 0.0694. The molecular weight excluding hydrogens is 176 g/mol. The molecule has 0 aromatic rings. The van der Waals surface area contributed by atoms with Gasteiger partial charge >= 0.3 is 0 Å². The van der Waals surface area contributed by atoms with E-state index in [9.17, 15) is 4.79 Å². The van der Waals surface area contributed by atoms with Crippen LogP contribution in [0.15, 0.2) is 0 Å². The van der Waals surface area contributed by atoms with Crippen molar-refractivity contribution in [2.45, 2.75) is 52.6 Å². The lowest BCUT2D eigenvalue weighted by atomic mass is 9.66. The second-order valence-electron chi connectivity index (χ2n) is 5.49. The predicted molar refractivity (Wildman–Crippen MR) is 54.8 cm³/mol. The van der Waals surface area contributed by atoms with E-state index >= 15 is 0 Å². The van der Waals surface area contributed by atoms with Gasteiger partial charge in [0.1, 0.15) is 6.10 Å². The highest BCUT2D eigenvalue weighted by molar-refractivity contribution is 5.38. The SMILES string of the molecule is CC(OC=O)C1(C)C2CCC1(C)CC2. The molecule has 2 aliphatic carbocycles. The van der Waals surface area contributed by atoms with E-state index in [4.69, 9.17) is 4.74 Å². The van der Waals surface area contributed by atoms with Gasteiger partial charge in [-0.05, 0) is 43.9 Å². The van der Waals surface area contributed by atoms with Crippen LogP contribution in [0, 0.1) is 16.7 Å². The van der Waals surface area contributed by atoms with Gasteiger partial charge in [-0.15, -0.1) is 0 Å². The van der Waals surface area contributed by atoms with Crippen molar-refractivity contribution in [2.24, 2.45) is 16.7 Å². The van der Waals surface area contributed by atoms with E-state index in [0.29, 0.717) is 11.9 Å². The third-order valence-electron chi connectivity index (χ3n) is 5.34. The van der Waals surface area contributed by atoms with Gasteiger partial charge in [0.25, 0.3) is 6.47 Å². The Kier molecular flexibility index (Phi) is 2.13. The standard InChI is InChI=1S/C12H20O2/c1-9(14-8-13)12(3)10-4-6-11(12,2)7-5-10/h8-10H,4-7H2,1-3H3. The molecule has 14 heavy (non-hydrogen) atoms. The van der Waals surface area contributed by atoms with Crippen LogP contribution in [-0.4, -0.2) is 12.6 Å². The average Bonchev–Trinajstić information content (AvgIpc) is 2.55. The van der Waals surface area contributed by atoms with Crippen molar-refractivity contribution in [1.29, 1.82) is 0 Å². The molecule has 2 atom stereocenters. The molecule has 2 fully saturated rings. The van der Waals surface area contributed by atoms with Gasteiger partial charge in [0, 0.05) is 5.41 Å².